The predicted octanol–water partition coefficient (Wildman–Crippen LogP) is 1.87. The quantitative estimate of drug-likeness (QED) is 0.846. The first-order valence-electron chi connectivity index (χ1n) is 5.94. The molecule has 2 rings (SSSR count). The fourth-order valence-corrected chi connectivity index (χ4v) is 1.88. The van der Waals surface area contributed by atoms with Gasteiger partial charge in [0.2, 0.25) is 0 Å². The average molecular weight is 234 g/mol. The van der Waals surface area contributed by atoms with Crippen molar-refractivity contribution >= 4 is 6.02 Å². The van der Waals surface area contributed by atoms with Crippen molar-refractivity contribution in [3.05, 3.63) is 35.9 Å². The Bertz CT molecular complexity index is 378. The van der Waals surface area contributed by atoms with Crippen LogP contribution in [0.5, 0.6) is 0 Å². The Morgan fingerprint density at radius 1 is 1.47 bits per heavy atom. The van der Waals surface area contributed by atoms with Gasteiger partial charge >= 0.3 is 0 Å². The first kappa shape index (κ1) is 11.9. The summed E-state index contributed by atoms with van der Waals surface area (Å²) in [5.74, 6) is 0. The number of hydrogen-bond acceptors (Lipinski definition) is 4. The van der Waals surface area contributed by atoms with Gasteiger partial charge in [-0.25, -0.2) is 4.99 Å². The molecule has 17 heavy (non-hydrogen) atoms. The number of rotatable bonds is 5. The summed E-state index contributed by atoms with van der Waals surface area (Å²) < 4.78 is 11.1. The SMILES string of the molecule is CCCO[C@@H](c1ccccc1)C1COC(N)=N1. The molecule has 0 spiro atoms. The summed E-state index contributed by atoms with van der Waals surface area (Å²) in [5.41, 5.74) is 6.66. The summed E-state index contributed by atoms with van der Waals surface area (Å²) >= 11 is 0. The monoisotopic (exact) mass is 234 g/mol. The normalized spacial score (nSPS) is 20.8. The minimum atomic E-state index is -0.0720. The van der Waals surface area contributed by atoms with E-state index in [4.69, 9.17) is 15.2 Å². The minimum absolute atomic E-state index is 0.0380. The molecule has 92 valence electrons. The lowest BCUT2D eigenvalue weighted by Crippen LogP contribution is -2.21. The largest absolute Gasteiger partial charge is 0.463 e. The van der Waals surface area contributed by atoms with E-state index < -0.39 is 0 Å². The molecule has 4 heteroatoms. The minimum Gasteiger partial charge on any atom is -0.463 e. The molecule has 0 saturated carbocycles. The smallest absolute Gasteiger partial charge is 0.282 e. The zero-order valence-electron chi connectivity index (χ0n) is 10.0. The van der Waals surface area contributed by atoms with E-state index in [9.17, 15) is 0 Å². The number of ether oxygens (including phenoxy) is 2. The number of nitrogens with two attached hydrogens (primary N) is 1. The first-order chi connectivity index (χ1) is 8.31. The van der Waals surface area contributed by atoms with Crippen molar-refractivity contribution in [3.8, 4) is 0 Å². The first-order valence-corrected chi connectivity index (χ1v) is 5.94. The van der Waals surface area contributed by atoms with Crippen LogP contribution in [0.15, 0.2) is 35.3 Å². The zero-order valence-corrected chi connectivity index (χ0v) is 10.0. The topological polar surface area (TPSA) is 56.8 Å². The lowest BCUT2D eigenvalue weighted by Gasteiger charge is -2.21. The molecule has 0 amide bonds. The Balaban J connectivity index is 2.14. The third-order valence-electron chi connectivity index (χ3n) is 2.67. The molecule has 0 radical (unpaired) electrons. The fraction of sp³-hybridized carbons (Fsp3) is 0.462. The van der Waals surface area contributed by atoms with E-state index in [0.717, 1.165) is 12.0 Å². The van der Waals surface area contributed by atoms with E-state index in [-0.39, 0.29) is 18.2 Å². The predicted molar refractivity (Wildman–Crippen MR) is 66.8 cm³/mol. The van der Waals surface area contributed by atoms with E-state index >= 15 is 0 Å². The molecule has 0 bridgehead atoms. The summed E-state index contributed by atoms with van der Waals surface area (Å²) in [5, 5.41) is 0. The molecule has 0 fully saturated rings. The van der Waals surface area contributed by atoms with Gasteiger partial charge < -0.3 is 15.2 Å². The Hall–Kier alpha value is -1.55. The number of aliphatic imine (C=N–C) groups is 1. The molecule has 1 aliphatic heterocycles. The molecule has 1 aromatic carbocycles. The molecule has 2 N–H and O–H groups in total. The summed E-state index contributed by atoms with van der Waals surface area (Å²) in [7, 11) is 0. The summed E-state index contributed by atoms with van der Waals surface area (Å²) in [6.45, 7) is 3.30. The maximum atomic E-state index is 5.87. The van der Waals surface area contributed by atoms with Gasteiger partial charge in [0, 0.05) is 6.61 Å². The molecule has 1 unspecified atom stereocenters. The Morgan fingerprint density at radius 2 is 2.24 bits per heavy atom. The lowest BCUT2D eigenvalue weighted by molar-refractivity contribution is 0.0294. The van der Waals surface area contributed by atoms with Crippen LogP contribution in [0.25, 0.3) is 0 Å². The molecule has 4 nitrogen and oxygen atoms in total. The number of benzene rings is 1. The van der Waals surface area contributed by atoms with Crippen LogP contribution in [0.2, 0.25) is 0 Å². The molecule has 2 atom stereocenters. The van der Waals surface area contributed by atoms with Gasteiger partial charge in [0.15, 0.2) is 0 Å². The molecule has 0 aliphatic carbocycles. The van der Waals surface area contributed by atoms with E-state index in [2.05, 4.69) is 11.9 Å². The molecular weight excluding hydrogens is 216 g/mol. The maximum absolute atomic E-state index is 5.87. The second-order valence-corrected chi connectivity index (χ2v) is 4.05. The van der Waals surface area contributed by atoms with Gasteiger partial charge in [-0.1, -0.05) is 37.3 Å². The second-order valence-electron chi connectivity index (χ2n) is 4.05. The summed E-state index contributed by atoms with van der Waals surface area (Å²) in [6.07, 6.45) is 0.910. The van der Waals surface area contributed by atoms with E-state index in [1.807, 2.05) is 30.3 Å². The number of hydrogen-bond donors (Lipinski definition) is 1. The molecule has 1 aromatic rings. The van der Waals surface area contributed by atoms with Gasteiger partial charge in [0.05, 0.1) is 0 Å². The van der Waals surface area contributed by atoms with Crippen LogP contribution in [0.1, 0.15) is 25.0 Å². The van der Waals surface area contributed by atoms with Crippen molar-refractivity contribution in [1.29, 1.82) is 0 Å². The zero-order chi connectivity index (χ0) is 12.1. The van der Waals surface area contributed by atoms with Crippen LogP contribution in [0, 0.1) is 0 Å². The highest BCUT2D eigenvalue weighted by molar-refractivity contribution is 5.73. The molecule has 1 aliphatic rings. The van der Waals surface area contributed by atoms with Gasteiger partial charge in [-0.3, -0.25) is 0 Å². The van der Waals surface area contributed by atoms with Crippen molar-refractivity contribution in [2.24, 2.45) is 10.7 Å². The van der Waals surface area contributed by atoms with Crippen molar-refractivity contribution in [2.75, 3.05) is 13.2 Å². The standard InChI is InChI=1S/C13H18N2O2/c1-2-8-16-12(10-6-4-3-5-7-10)11-9-17-13(14)15-11/h3-7,11-12H,2,8-9H2,1H3,(H2,14,15)/t11?,12-/m0/s1. The summed E-state index contributed by atoms with van der Waals surface area (Å²) in [6, 6.07) is 10.3. The average Bonchev–Trinajstić information content (AvgIpc) is 2.78. The Labute approximate surface area is 101 Å². The Kier molecular flexibility index (Phi) is 3.98. The Morgan fingerprint density at radius 3 is 2.82 bits per heavy atom. The third kappa shape index (κ3) is 2.97. The van der Waals surface area contributed by atoms with Crippen molar-refractivity contribution < 1.29 is 9.47 Å². The van der Waals surface area contributed by atoms with Crippen molar-refractivity contribution in [1.82, 2.24) is 0 Å². The van der Waals surface area contributed by atoms with Gasteiger partial charge in [-0.05, 0) is 12.0 Å². The molecule has 0 aromatic heterocycles. The van der Waals surface area contributed by atoms with Crippen LogP contribution in [-0.4, -0.2) is 25.3 Å². The number of amidine groups is 1. The number of nitrogens with zero attached hydrogens (tertiary/aromatic N) is 1. The molecule has 1 heterocycles. The third-order valence-corrected chi connectivity index (χ3v) is 2.67. The van der Waals surface area contributed by atoms with Crippen molar-refractivity contribution in [2.45, 2.75) is 25.5 Å². The maximum Gasteiger partial charge on any atom is 0.282 e. The van der Waals surface area contributed by atoms with Crippen LogP contribution in [0.4, 0.5) is 0 Å². The highest BCUT2D eigenvalue weighted by atomic mass is 16.5. The van der Waals surface area contributed by atoms with E-state index in [1.54, 1.807) is 0 Å². The van der Waals surface area contributed by atoms with E-state index in [1.165, 1.54) is 0 Å². The van der Waals surface area contributed by atoms with Crippen LogP contribution in [-0.2, 0) is 9.47 Å². The highest BCUT2D eigenvalue weighted by Gasteiger charge is 2.28. The highest BCUT2D eigenvalue weighted by Crippen LogP contribution is 2.26. The van der Waals surface area contributed by atoms with Gasteiger partial charge in [-0.15, -0.1) is 0 Å². The summed E-state index contributed by atoms with van der Waals surface area (Å²) in [4.78, 5) is 4.27. The van der Waals surface area contributed by atoms with Crippen LogP contribution < -0.4 is 5.73 Å². The van der Waals surface area contributed by atoms with Crippen LogP contribution in [0.3, 0.4) is 0 Å². The van der Waals surface area contributed by atoms with E-state index in [0.29, 0.717) is 13.2 Å². The molecule has 0 saturated heterocycles. The fourth-order valence-electron chi connectivity index (χ4n) is 1.88. The van der Waals surface area contributed by atoms with Gasteiger partial charge in [-0.2, -0.15) is 0 Å². The van der Waals surface area contributed by atoms with Crippen molar-refractivity contribution in [3.63, 3.8) is 0 Å². The van der Waals surface area contributed by atoms with Gasteiger partial charge in [0.25, 0.3) is 6.02 Å². The van der Waals surface area contributed by atoms with Crippen LogP contribution >= 0.6 is 0 Å². The van der Waals surface area contributed by atoms with Gasteiger partial charge in [0.1, 0.15) is 18.8 Å². The second kappa shape index (κ2) is 5.68. The molecular formula is C13H18N2O2. The lowest BCUT2D eigenvalue weighted by atomic mass is 10.0.